The van der Waals surface area contributed by atoms with E-state index in [1.807, 2.05) is 11.5 Å². The van der Waals surface area contributed by atoms with Crippen LogP contribution in [0.15, 0.2) is 12.7 Å². The molecule has 7 nitrogen and oxygen atoms in total. The smallest absolute Gasteiger partial charge is 0.325 e. The molecule has 0 saturated carbocycles. The van der Waals surface area contributed by atoms with Crippen molar-refractivity contribution in [3.8, 4) is 0 Å². The lowest BCUT2D eigenvalue weighted by Gasteiger charge is -2.09. The predicted octanol–water partition coefficient (Wildman–Crippen LogP) is 0.731. The Bertz CT molecular complexity index is 551. The van der Waals surface area contributed by atoms with E-state index in [0.717, 1.165) is 6.54 Å². The Labute approximate surface area is 97.5 Å². The average molecular weight is 235 g/mol. The van der Waals surface area contributed by atoms with Crippen LogP contribution in [0.1, 0.15) is 13.8 Å². The zero-order valence-corrected chi connectivity index (χ0v) is 9.58. The van der Waals surface area contributed by atoms with Gasteiger partial charge in [0.05, 0.1) is 6.33 Å². The molecule has 0 radical (unpaired) electrons. The van der Waals surface area contributed by atoms with Crippen molar-refractivity contribution < 1.29 is 9.90 Å². The van der Waals surface area contributed by atoms with Crippen LogP contribution in [0.4, 0.5) is 5.82 Å². The Kier molecular flexibility index (Phi) is 2.90. The third kappa shape index (κ3) is 2.03. The number of rotatable bonds is 4. The molecule has 0 aliphatic rings. The summed E-state index contributed by atoms with van der Waals surface area (Å²) < 4.78 is 1.87. The van der Waals surface area contributed by atoms with Gasteiger partial charge in [0.15, 0.2) is 11.5 Å². The van der Waals surface area contributed by atoms with Crippen LogP contribution < -0.4 is 5.32 Å². The molecule has 2 N–H and O–H groups in total. The lowest BCUT2D eigenvalue weighted by atomic mass is 10.3. The molecule has 1 atom stereocenters. The van der Waals surface area contributed by atoms with E-state index >= 15 is 0 Å². The van der Waals surface area contributed by atoms with Crippen LogP contribution in [0.2, 0.25) is 0 Å². The van der Waals surface area contributed by atoms with Gasteiger partial charge in [-0.15, -0.1) is 0 Å². The summed E-state index contributed by atoms with van der Waals surface area (Å²) >= 11 is 0. The van der Waals surface area contributed by atoms with Gasteiger partial charge in [0.25, 0.3) is 0 Å². The molecule has 2 heterocycles. The summed E-state index contributed by atoms with van der Waals surface area (Å²) in [5.41, 5.74) is 1.28. The topological polar surface area (TPSA) is 92.9 Å². The maximum absolute atomic E-state index is 10.8. The van der Waals surface area contributed by atoms with Crippen LogP contribution >= 0.6 is 0 Å². The lowest BCUT2D eigenvalue weighted by Crippen LogP contribution is -2.26. The molecular formula is C10H13N5O2. The number of anilines is 1. The summed E-state index contributed by atoms with van der Waals surface area (Å²) in [5, 5.41) is 11.6. The monoisotopic (exact) mass is 235 g/mol. The van der Waals surface area contributed by atoms with E-state index in [1.54, 1.807) is 13.3 Å². The zero-order valence-electron chi connectivity index (χ0n) is 9.58. The highest BCUT2D eigenvalue weighted by atomic mass is 16.4. The van der Waals surface area contributed by atoms with E-state index in [4.69, 9.17) is 5.11 Å². The number of hydrogen-bond acceptors (Lipinski definition) is 5. The third-order valence-electron chi connectivity index (χ3n) is 2.47. The fourth-order valence-electron chi connectivity index (χ4n) is 1.48. The molecule has 2 aromatic heterocycles. The number of nitrogens with one attached hydrogen (secondary N) is 1. The Morgan fingerprint density at radius 3 is 2.94 bits per heavy atom. The maximum Gasteiger partial charge on any atom is 0.325 e. The van der Waals surface area contributed by atoms with Crippen LogP contribution in [0, 0.1) is 0 Å². The van der Waals surface area contributed by atoms with Crippen LogP contribution in [0.25, 0.3) is 11.2 Å². The van der Waals surface area contributed by atoms with Gasteiger partial charge in [0, 0.05) is 6.54 Å². The van der Waals surface area contributed by atoms with Gasteiger partial charge in [-0.2, -0.15) is 0 Å². The van der Waals surface area contributed by atoms with E-state index in [-0.39, 0.29) is 0 Å². The SMILES string of the molecule is CCn1cnc2c(NC(C)C(=O)O)ncnc21. The minimum Gasteiger partial charge on any atom is -0.480 e. The lowest BCUT2D eigenvalue weighted by molar-refractivity contribution is -0.137. The Morgan fingerprint density at radius 2 is 2.29 bits per heavy atom. The standard InChI is InChI=1S/C10H13N5O2/c1-3-15-5-13-7-8(11-4-12-9(7)15)14-6(2)10(16)17/h4-6H,3H2,1-2H3,(H,16,17)(H,11,12,14). The van der Waals surface area contributed by atoms with Crippen molar-refractivity contribution in [2.75, 3.05) is 5.32 Å². The number of aryl methyl sites for hydroxylation is 1. The van der Waals surface area contributed by atoms with Gasteiger partial charge >= 0.3 is 5.97 Å². The minimum atomic E-state index is -0.938. The van der Waals surface area contributed by atoms with E-state index in [1.165, 1.54) is 6.33 Å². The highest BCUT2D eigenvalue weighted by Crippen LogP contribution is 2.17. The summed E-state index contributed by atoms with van der Waals surface area (Å²) in [5.74, 6) is -0.496. The van der Waals surface area contributed by atoms with E-state index in [2.05, 4.69) is 20.3 Å². The van der Waals surface area contributed by atoms with Crippen LogP contribution in [-0.2, 0) is 11.3 Å². The molecule has 17 heavy (non-hydrogen) atoms. The molecule has 0 bridgehead atoms. The average Bonchev–Trinajstić information content (AvgIpc) is 2.72. The number of nitrogens with zero attached hydrogens (tertiary/aromatic N) is 4. The summed E-state index contributed by atoms with van der Waals surface area (Å²) in [7, 11) is 0. The van der Waals surface area contributed by atoms with Gasteiger partial charge in [-0.1, -0.05) is 0 Å². The summed E-state index contributed by atoms with van der Waals surface area (Å²) in [6.45, 7) is 4.28. The second-order valence-electron chi connectivity index (χ2n) is 3.63. The van der Waals surface area contributed by atoms with E-state index in [9.17, 15) is 4.79 Å². The minimum absolute atomic E-state index is 0.442. The third-order valence-corrected chi connectivity index (χ3v) is 2.47. The number of aromatic nitrogens is 4. The molecule has 0 aliphatic carbocycles. The van der Waals surface area contributed by atoms with Gasteiger partial charge < -0.3 is 15.0 Å². The zero-order chi connectivity index (χ0) is 12.4. The van der Waals surface area contributed by atoms with Gasteiger partial charge in [-0.3, -0.25) is 4.79 Å². The molecule has 0 spiro atoms. The predicted molar refractivity (Wildman–Crippen MR) is 61.7 cm³/mol. The number of imidazole rings is 1. The van der Waals surface area contributed by atoms with Gasteiger partial charge in [0.2, 0.25) is 0 Å². The first-order chi connectivity index (χ1) is 8.13. The summed E-state index contributed by atoms with van der Waals surface area (Å²) in [6.07, 6.45) is 3.06. The van der Waals surface area contributed by atoms with Crippen molar-refractivity contribution in [2.24, 2.45) is 0 Å². The number of aliphatic carboxylic acids is 1. The van der Waals surface area contributed by atoms with Crippen LogP contribution in [0.3, 0.4) is 0 Å². The van der Waals surface area contributed by atoms with Gasteiger partial charge in [0.1, 0.15) is 17.9 Å². The van der Waals surface area contributed by atoms with Crippen molar-refractivity contribution in [1.29, 1.82) is 0 Å². The molecule has 0 aliphatic heterocycles. The number of carbonyl (C=O) groups is 1. The van der Waals surface area contributed by atoms with Gasteiger partial charge in [-0.25, -0.2) is 15.0 Å². The Balaban J connectivity index is 2.41. The van der Waals surface area contributed by atoms with Gasteiger partial charge in [-0.05, 0) is 13.8 Å². The molecule has 1 unspecified atom stereocenters. The molecular weight excluding hydrogens is 222 g/mol. The normalized spacial score (nSPS) is 12.6. The maximum atomic E-state index is 10.8. The van der Waals surface area contributed by atoms with Crippen molar-refractivity contribution in [2.45, 2.75) is 26.4 Å². The highest BCUT2D eigenvalue weighted by Gasteiger charge is 2.15. The van der Waals surface area contributed by atoms with Crippen LogP contribution in [0.5, 0.6) is 0 Å². The van der Waals surface area contributed by atoms with Crippen LogP contribution in [-0.4, -0.2) is 36.6 Å². The van der Waals surface area contributed by atoms with Crippen molar-refractivity contribution >= 4 is 23.0 Å². The molecule has 0 amide bonds. The Morgan fingerprint density at radius 1 is 1.53 bits per heavy atom. The number of hydrogen-bond donors (Lipinski definition) is 2. The van der Waals surface area contributed by atoms with E-state index < -0.39 is 12.0 Å². The fraction of sp³-hybridized carbons (Fsp3) is 0.400. The molecule has 2 aromatic rings. The molecule has 0 aromatic carbocycles. The number of fused-ring (bicyclic) bond motifs is 1. The summed E-state index contributed by atoms with van der Waals surface area (Å²) in [4.78, 5) is 23.1. The first-order valence-electron chi connectivity index (χ1n) is 5.28. The second-order valence-corrected chi connectivity index (χ2v) is 3.63. The largest absolute Gasteiger partial charge is 0.480 e. The Hall–Kier alpha value is -2.18. The molecule has 0 saturated heterocycles. The van der Waals surface area contributed by atoms with Crippen molar-refractivity contribution in [1.82, 2.24) is 19.5 Å². The van der Waals surface area contributed by atoms with Crippen molar-refractivity contribution in [3.05, 3.63) is 12.7 Å². The number of carboxylic acid groups (broad SMARTS) is 1. The fourth-order valence-corrected chi connectivity index (χ4v) is 1.48. The molecule has 7 heteroatoms. The molecule has 90 valence electrons. The first kappa shape index (κ1) is 11.3. The quantitative estimate of drug-likeness (QED) is 0.811. The summed E-state index contributed by atoms with van der Waals surface area (Å²) in [6, 6.07) is -0.722. The van der Waals surface area contributed by atoms with E-state index in [0.29, 0.717) is 17.0 Å². The highest BCUT2D eigenvalue weighted by molar-refractivity contribution is 5.85. The first-order valence-corrected chi connectivity index (χ1v) is 5.28. The molecule has 2 rings (SSSR count). The molecule has 0 fully saturated rings. The van der Waals surface area contributed by atoms with Crippen molar-refractivity contribution in [3.63, 3.8) is 0 Å². The number of carboxylic acids is 1. The second kappa shape index (κ2) is 4.36.